The molecular formula is C20H19N3O2S. The van der Waals surface area contributed by atoms with Crippen LogP contribution in [0.2, 0.25) is 0 Å². The first kappa shape index (κ1) is 17.9. The van der Waals surface area contributed by atoms with E-state index in [0.29, 0.717) is 11.3 Å². The number of hydrogen-bond acceptors (Lipinski definition) is 4. The molecule has 0 aliphatic carbocycles. The number of aromatic nitrogens is 2. The number of nitrogens with one attached hydrogen (secondary N) is 1. The van der Waals surface area contributed by atoms with E-state index in [2.05, 4.69) is 10.3 Å². The normalized spacial score (nSPS) is 11.8. The average molecular weight is 365 g/mol. The van der Waals surface area contributed by atoms with Crippen molar-refractivity contribution in [2.75, 3.05) is 5.32 Å². The van der Waals surface area contributed by atoms with E-state index in [1.54, 1.807) is 30.5 Å². The van der Waals surface area contributed by atoms with Gasteiger partial charge < -0.3 is 9.88 Å². The van der Waals surface area contributed by atoms with Crippen LogP contribution in [0, 0.1) is 0 Å². The van der Waals surface area contributed by atoms with E-state index in [-0.39, 0.29) is 11.7 Å². The van der Waals surface area contributed by atoms with E-state index in [0.717, 1.165) is 10.7 Å². The summed E-state index contributed by atoms with van der Waals surface area (Å²) in [7, 11) is 1.89. The minimum atomic E-state index is -0.460. The molecule has 0 saturated carbocycles. The van der Waals surface area contributed by atoms with Crippen molar-refractivity contribution in [1.82, 2.24) is 9.55 Å². The first-order valence-corrected chi connectivity index (χ1v) is 9.03. The van der Waals surface area contributed by atoms with Gasteiger partial charge in [0, 0.05) is 30.7 Å². The van der Waals surface area contributed by atoms with Crippen molar-refractivity contribution < 1.29 is 9.59 Å². The maximum atomic E-state index is 13.0. The smallest absolute Gasteiger partial charge is 0.242 e. The number of carbonyl (C=O) groups excluding carboxylic acids is 2. The SMILES string of the molecule is CC(=O)c1cccc(NC(=O)[C@H](Sc2nccn2C)c2ccccc2)c1. The van der Waals surface area contributed by atoms with Gasteiger partial charge in [0.05, 0.1) is 0 Å². The van der Waals surface area contributed by atoms with Gasteiger partial charge in [-0.25, -0.2) is 4.98 Å². The van der Waals surface area contributed by atoms with Crippen LogP contribution in [0.3, 0.4) is 0 Å². The standard InChI is InChI=1S/C20H19N3O2S/c1-14(24)16-9-6-10-17(13-16)22-19(25)18(15-7-4-3-5-8-15)26-20-21-11-12-23(20)2/h3-13,18H,1-2H3,(H,22,25)/t18-/m1/s1. The highest BCUT2D eigenvalue weighted by Gasteiger charge is 2.24. The molecule has 0 radical (unpaired) electrons. The molecule has 0 aliphatic heterocycles. The van der Waals surface area contributed by atoms with Crippen LogP contribution in [0.4, 0.5) is 5.69 Å². The van der Waals surface area contributed by atoms with Crippen molar-refractivity contribution in [3.05, 3.63) is 78.1 Å². The molecule has 2 aromatic carbocycles. The van der Waals surface area contributed by atoms with Crippen LogP contribution >= 0.6 is 11.8 Å². The average Bonchev–Trinajstić information content (AvgIpc) is 3.05. The number of imidazole rings is 1. The van der Waals surface area contributed by atoms with Gasteiger partial charge in [-0.1, -0.05) is 54.2 Å². The number of aryl methyl sites for hydroxylation is 1. The van der Waals surface area contributed by atoms with E-state index in [4.69, 9.17) is 0 Å². The number of hydrogen-bond donors (Lipinski definition) is 1. The third-order valence-electron chi connectivity index (χ3n) is 3.88. The molecule has 132 valence electrons. The Morgan fingerprint density at radius 2 is 1.88 bits per heavy atom. The molecule has 0 spiro atoms. The lowest BCUT2D eigenvalue weighted by Gasteiger charge is -2.17. The summed E-state index contributed by atoms with van der Waals surface area (Å²) in [5.41, 5.74) is 2.06. The third-order valence-corrected chi connectivity index (χ3v) is 5.20. The maximum Gasteiger partial charge on any atom is 0.242 e. The molecule has 0 aliphatic rings. The quantitative estimate of drug-likeness (QED) is 0.528. The van der Waals surface area contributed by atoms with E-state index in [1.807, 2.05) is 48.1 Å². The first-order valence-electron chi connectivity index (χ1n) is 8.15. The second-order valence-electron chi connectivity index (χ2n) is 5.86. The topological polar surface area (TPSA) is 64.0 Å². The zero-order chi connectivity index (χ0) is 18.5. The summed E-state index contributed by atoms with van der Waals surface area (Å²) in [6, 6.07) is 16.5. The fourth-order valence-electron chi connectivity index (χ4n) is 2.50. The van der Waals surface area contributed by atoms with Gasteiger partial charge >= 0.3 is 0 Å². The predicted molar refractivity (Wildman–Crippen MR) is 103 cm³/mol. The minimum absolute atomic E-state index is 0.0388. The highest BCUT2D eigenvalue weighted by Crippen LogP contribution is 2.35. The fraction of sp³-hybridized carbons (Fsp3) is 0.150. The summed E-state index contributed by atoms with van der Waals surface area (Å²) in [6.07, 6.45) is 3.55. The lowest BCUT2D eigenvalue weighted by Crippen LogP contribution is -2.19. The van der Waals surface area contributed by atoms with E-state index >= 15 is 0 Å². The predicted octanol–water partition coefficient (Wildman–Crippen LogP) is 4.09. The van der Waals surface area contributed by atoms with E-state index in [9.17, 15) is 9.59 Å². The molecule has 0 fully saturated rings. The number of ketones is 1. The van der Waals surface area contributed by atoms with Crippen molar-refractivity contribution in [1.29, 1.82) is 0 Å². The molecule has 26 heavy (non-hydrogen) atoms. The molecular weight excluding hydrogens is 346 g/mol. The molecule has 1 atom stereocenters. The number of anilines is 1. The minimum Gasteiger partial charge on any atom is -0.329 e. The third kappa shape index (κ3) is 4.21. The zero-order valence-corrected chi connectivity index (χ0v) is 15.4. The van der Waals surface area contributed by atoms with Crippen LogP contribution in [0.5, 0.6) is 0 Å². The van der Waals surface area contributed by atoms with Gasteiger partial charge in [0.1, 0.15) is 5.25 Å². The Hall–Kier alpha value is -2.86. The molecule has 1 aromatic heterocycles. The molecule has 0 saturated heterocycles. The number of rotatable bonds is 6. The van der Waals surface area contributed by atoms with Crippen LogP contribution in [-0.2, 0) is 11.8 Å². The Balaban J connectivity index is 1.86. The number of Topliss-reactive ketones (excluding diaryl/α,β-unsaturated/α-hetero) is 1. The Morgan fingerprint density at radius 3 is 2.54 bits per heavy atom. The van der Waals surface area contributed by atoms with Crippen molar-refractivity contribution in [2.45, 2.75) is 17.3 Å². The first-order chi connectivity index (χ1) is 12.5. The lowest BCUT2D eigenvalue weighted by molar-refractivity contribution is -0.115. The number of amides is 1. The largest absolute Gasteiger partial charge is 0.329 e. The Bertz CT molecular complexity index is 922. The van der Waals surface area contributed by atoms with Crippen molar-refractivity contribution in [2.24, 2.45) is 7.05 Å². The molecule has 3 aromatic rings. The number of nitrogens with zero attached hydrogens (tertiary/aromatic N) is 2. The molecule has 5 nitrogen and oxygen atoms in total. The van der Waals surface area contributed by atoms with E-state index < -0.39 is 5.25 Å². The second-order valence-corrected chi connectivity index (χ2v) is 6.93. The highest BCUT2D eigenvalue weighted by atomic mass is 32.2. The van der Waals surface area contributed by atoms with Crippen molar-refractivity contribution in [3.63, 3.8) is 0 Å². The number of benzene rings is 2. The molecule has 1 amide bonds. The summed E-state index contributed by atoms with van der Waals surface area (Å²) in [5, 5.41) is 3.21. The summed E-state index contributed by atoms with van der Waals surface area (Å²) in [4.78, 5) is 28.8. The molecule has 1 heterocycles. The van der Waals surface area contributed by atoms with Crippen LogP contribution in [0.15, 0.2) is 72.1 Å². The Labute approximate surface area is 156 Å². The van der Waals surface area contributed by atoms with Gasteiger partial charge in [-0.05, 0) is 24.6 Å². The van der Waals surface area contributed by atoms with Crippen LogP contribution in [-0.4, -0.2) is 21.2 Å². The fourth-order valence-corrected chi connectivity index (χ4v) is 3.51. The van der Waals surface area contributed by atoms with Crippen molar-refractivity contribution >= 4 is 29.1 Å². The van der Waals surface area contributed by atoms with E-state index in [1.165, 1.54) is 18.7 Å². The molecule has 6 heteroatoms. The summed E-state index contributed by atoms with van der Waals surface area (Å²) in [6.45, 7) is 1.50. The summed E-state index contributed by atoms with van der Waals surface area (Å²) >= 11 is 1.39. The maximum absolute atomic E-state index is 13.0. The van der Waals surface area contributed by atoms with Crippen molar-refractivity contribution in [3.8, 4) is 0 Å². The van der Waals surface area contributed by atoms with Gasteiger partial charge in [-0.3, -0.25) is 9.59 Å². The van der Waals surface area contributed by atoms with Gasteiger partial charge in [0.25, 0.3) is 0 Å². The number of carbonyl (C=O) groups is 2. The lowest BCUT2D eigenvalue weighted by atomic mass is 10.1. The van der Waals surface area contributed by atoms with Gasteiger partial charge in [-0.15, -0.1) is 0 Å². The van der Waals surface area contributed by atoms with Gasteiger partial charge in [0.2, 0.25) is 5.91 Å². The molecule has 1 N–H and O–H groups in total. The Kier molecular flexibility index (Phi) is 5.53. The number of thioether (sulfide) groups is 1. The molecule has 0 bridgehead atoms. The molecule has 0 unspecified atom stereocenters. The monoisotopic (exact) mass is 365 g/mol. The highest BCUT2D eigenvalue weighted by molar-refractivity contribution is 8.00. The van der Waals surface area contributed by atoms with Gasteiger partial charge in [0.15, 0.2) is 10.9 Å². The van der Waals surface area contributed by atoms with Crippen LogP contribution in [0.25, 0.3) is 0 Å². The zero-order valence-electron chi connectivity index (χ0n) is 14.5. The summed E-state index contributed by atoms with van der Waals surface area (Å²) in [5.74, 6) is -0.201. The molecule has 3 rings (SSSR count). The Morgan fingerprint density at radius 1 is 1.12 bits per heavy atom. The van der Waals surface area contributed by atoms with Gasteiger partial charge in [-0.2, -0.15) is 0 Å². The van der Waals surface area contributed by atoms with Crippen LogP contribution < -0.4 is 5.32 Å². The summed E-state index contributed by atoms with van der Waals surface area (Å²) < 4.78 is 1.88. The van der Waals surface area contributed by atoms with Crippen LogP contribution in [0.1, 0.15) is 28.1 Å². The second kappa shape index (κ2) is 8.01.